The third-order valence-corrected chi connectivity index (χ3v) is 5.98. The van der Waals surface area contributed by atoms with Gasteiger partial charge in [0, 0.05) is 31.9 Å². The van der Waals surface area contributed by atoms with Crippen LogP contribution in [0, 0.1) is 6.92 Å². The molecular formula is C14H22N2O3S. The Labute approximate surface area is 120 Å². The van der Waals surface area contributed by atoms with Gasteiger partial charge < -0.3 is 10.0 Å². The molecule has 1 aliphatic heterocycles. The van der Waals surface area contributed by atoms with Crippen LogP contribution in [0.3, 0.4) is 0 Å². The summed E-state index contributed by atoms with van der Waals surface area (Å²) in [6.07, 6.45) is 0. The molecule has 1 heterocycles. The zero-order valence-corrected chi connectivity index (χ0v) is 12.8. The number of aliphatic hydroxyl groups is 1. The average molecular weight is 298 g/mol. The molecular weight excluding hydrogens is 276 g/mol. The summed E-state index contributed by atoms with van der Waals surface area (Å²) < 4.78 is 25.8. The Hall–Kier alpha value is -1.11. The topological polar surface area (TPSA) is 60.9 Å². The maximum Gasteiger partial charge on any atom is 0.219 e. The molecule has 5 nitrogen and oxygen atoms in total. The van der Waals surface area contributed by atoms with Gasteiger partial charge in [-0.3, -0.25) is 0 Å². The summed E-state index contributed by atoms with van der Waals surface area (Å²) in [7, 11) is -3.37. The van der Waals surface area contributed by atoms with Crippen LogP contribution in [-0.2, 0) is 10.0 Å². The lowest BCUT2D eigenvalue weighted by atomic mass is 10.2. The third-order valence-electron chi connectivity index (χ3n) is 3.73. The molecule has 0 aromatic heterocycles. The highest BCUT2D eigenvalue weighted by Crippen LogP contribution is 2.19. The van der Waals surface area contributed by atoms with E-state index in [1.54, 1.807) is 6.92 Å². The monoisotopic (exact) mass is 298 g/mol. The molecule has 1 atom stereocenters. The van der Waals surface area contributed by atoms with Gasteiger partial charge >= 0.3 is 0 Å². The van der Waals surface area contributed by atoms with E-state index in [2.05, 4.69) is 11.0 Å². The van der Waals surface area contributed by atoms with E-state index < -0.39 is 15.3 Å². The minimum Gasteiger partial charge on any atom is -0.395 e. The molecule has 20 heavy (non-hydrogen) atoms. The minimum absolute atomic E-state index is 0.333. The molecule has 0 spiro atoms. The molecule has 0 bridgehead atoms. The van der Waals surface area contributed by atoms with E-state index in [4.69, 9.17) is 5.11 Å². The van der Waals surface area contributed by atoms with E-state index in [-0.39, 0.29) is 6.61 Å². The zero-order valence-electron chi connectivity index (χ0n) is 12.0. The van der Waals surface area contributed by atoms with Gasteiger partial charge in [-0.05, 0) is 31.5 Å². The number of hydrogen-bond donors (Lipinski definition) is 1. The van der Waals surface area contributed by atoms with Crippen molar-refractivity contribution in [2.45, 2.75) is 19.1 Å². The number of aryl methyl sites for hydroxylation is 1. The third kappa shape index (κ3) is 3.13. The van der Waals surface area contributed by atoms with E-state index in [1.165, 1.54) is 9.87 Å². The quantitative estimate of drug-likeness (QED) is 0.894. The van der Waals surface area contributed by atoms with Crippen LogP contribution in [0.4, 0.5) is 5.69 Å². The van der Waals surface area contributed by atoms with E-state index in [0.29, 0.717) is 26.2 Å². The van der Waals surface area contributed by atoms with Gasteiger partial charge in [-0.2, -0.15) is 4.31 Å². The molecule has 0 radical (unpaired) electrons. The highest BCUT2D eigenvalue weighted by Gasteiger charge is 2.31. The van der Waals surface area contributed by atoms with Gasteiger partial charge in [0.1, 0.15) is 0 Å². The number of rotatable bonds is 4. The number of nitrogens with zero attached hydrogens (tertiary/aromatic N) is 2. The van der Waals surface area contributed by atoms with Gasteiger partial charge in [0.05, 0.1) is 11.9 Å². The van der Waals surface area contributed by atoms with Crippen LogP contribution in [-0.4, -0.2) is 55.9 Å². The molecule has 1 fully saturated rings. The summed E-state index contributed by atoms with van der Waals surface area (Å²) in [5.74, 6) is 0. The molecule has 1 saturated heterocycles. The second kappa shape index (κ2) is 6.11. The first-order chi connectivity index (χ1) is 9.45. The van der Waals surface area contributed by atoms with Gasteiger partial charge in [-0.1, -0.05) is 12.1 Å². The first kappa shape index (κ1) is 15.3. The molecule has 6 heteroatoms. The van der Waals surface area contributed by atoms with Gasteiger partial charge in [0.25, 0.3) is 0 Å². The van der Waals surface area contributed by atoms with Crippen molar-refractivity contribution in [3.05, 3.63) is 29.8 Å². The number of hydrogen-bond acceptors (Lipinski definition) is 4. The van der Waals surface area contributed by atoms with Crippen LogP contribution in [0.15, 0.2) is 24.3 Å². The maximum atomic E-state index is 12.2. The normalized spacial score (nSPS) is 19.1. The van der Waals surface area contributed by atoms with E-state index in [0.717, 1.165) is 5.69 Å². The average Bonchev–Trinajstić information content (AvgIpc) is 2.46. The Morgan fingerprint density at radius 2 is 1.90 bits per heavy atom. The van der Waals surface area contributed by atoms with Crippen molar-refractivity contribution in [2.75, 3.05) is 37.7 Å². The van der Waals surface area contributed by atoms with E-state index in [9.17, 15) is 8.42 Å². The lowest BCUT2D eigenvalue weighted by Gasteiger charge is -2.36. The van der Waals surface area contributed by atoms with E-state index in [1.807, 2.05) is 25.1 Å². The summed E-state index contributed by atoms with van der Waals surface area (Å²) in [4.78, 5) is 2.20. The largest absolute Gasteiger partial charge is 0.395 e. The molecule has 1 aliphatic rings. The van der Waals surface area contributed by atoms with Crippen LogP contribution in [0.1, 0.15) is 12.5 Å². The number of piperazine rings is 1. The minimum atomic E-state index is -3.37. The Balaban J connectivity index is 2.03. The summed E-state index contributed by atoms with van der Waals surface area (Å²) in [6.45, 7) is 5.57. The fourth-order valence-corrected chi connectivity index (χ4v) is 3.74. The van der Waals surface area contributed by atoms with Gasteiger partial charge in [0.2, 0.25) is 10.0 Å². The maximum absolute atomic E-state index is 12.2. The van der Waals surface area contributed by atoms with Crippen LogP contribution in [0.2, 0.25) is 0 Å². The number of aliphatic hydroxyl groups excluding tert-OH is 1. The molecule has 1 N–H and O–H groups in total. The van der Waals surface area contributed by atoms with Crippen molar-refractivity contribution in [3.63, 3.8) is 0 Å². The van der Waals surface area contributed by atoms with Crippen molar-refractivity contribution in [1.29, 1.82) is 0 Å². The highest BCUT2D eigenvalue weighted by atomic mass is 32.2. The summed E-state index contributed by atoms with van der Waals surface area (Å²) in [5, 5.41) is 8.32. The first-order valence-corrected chi connectivity index (χ1v) is 8.37. The van der Waals surface area contributed by atoms with Crippen molar-refractivity contribution in [2.24, 2.45) is 0 Å². The number of anilines is 1. The Bertz CT molecular complexity index is 551. The van der Waals surface area contributed by atoms with Crippen LogP contribution in [0.25, 0.3) is 0 Å². The molecule has 1 unspecified atom stereocenters. The number of sulfonamides is 1. The molecule has 0 saturated carbocycles. The lowest BCUT2D eigenvalue weighted by Crippen LogP contribution is -2.51. The van der Waals surface area contributed by atoms with Gasteiger partial charge in [-0.15, -0.1) is 0 Å². The van der Waals surface area contributed by atoms with Crippen molar-refractivity contribution in [3.8, 4) is 0 Å². The van der Waals surface area contributed by atoms with Crippen LogP contribution in [0.5, 0.6) is 0 Å². The molecule has 1 aromatic rings. The SMILES string of the molecule is Cc1cccc(N2CCN(S(=O)(=O)C(C)CO)CC2)c1. The molecule has 2 rings (SSSR count). The fourth-order valence-electron chi connectivity index (χ4n) is 2.37. The molecule has 0 aliphatic carbocycles. The fraction of sp³-hybridized carbons (Fsp3) is 0.571. The second-order valence-corrected chi connectivity index (χ2v) is 7.61. The Kier molecular flexibility index (Phi) is 4.67. The Morgan fingerprint density at radius 3 is 2.45 bits per heavy atom. The van der Waals surface area contributed by atoms with Crippen LogP contribution < -0.4 is 4.90 Å². The summed E-state index contributed by atoms with van der Waals surface area (Å²) >= 11 is 0. The van der Waals surface area contributed by atoms with Crippen molar-refractivity contribution >= 4 is 15.7 Å². The number of benzene rings is 1. The first-order valence-electron chi connectivity index (χ1n) is 6.86. The summed E-state index contributed by atoms with van der Waals surface area (Å²) in [5.41, 5.74) is 2.34. The Morgan fingerprint density at radius 1 is 1.25 bits per heavy atom. The second-order valence-electron chi connectivity index (χ2n) is 5.26. The molecule has 112 valence electrons. The van der Waals surface area contributed by atoms with Gasteiger partial charge in [-0.25, -0.2) is 8.42 Å². The lowest BCUT2D eigenvalue weighted by molar-refractivity contribution is 0.287. The molecule has 0 amide bonds. The standard InChI is InChI=1S/C14H22N2O3S/c1-12-4-3-5-14(10-12)15-6-8-16(9-7-15)20(18,19)13(2)11-17/h3-5,10,13,17H,6-9,11H2,1-2H3. The zero-order chi connectivity index (χ0) is 14.8. The van der Waals surface area contributed by atoms with Crippen LogP contribution >= 0.6 is 0 Å². The predicted octanol–water partition coefficient (Wildman–Crippen LogP) is 0.828. The summed E-state index contributed by atoms with van der Waals surface area (Å²) in [6, 6.07) is 8.22. The van der Waals surface area contributed by atoms with Crippen molar-refractivity contribution in [1.82, 2.24) is 4.31 Å². The highest BCUT2D eigenvalue weighted by molar-refractivity contribution is 7.89. The molecule has 1 aromatic carbocycles. The smallest absolute Gasteiger partial charge is 0.219 e. The predicted molar refractivity (Wildman–Crippen MR) is 80.4 cm³/mol. The van der Waals surface area contributed by atoms with Gasteiger partial charge in [0.15, 0.2) is 0 Å². The van der Waals surface area contributed by atoms with Crippen molar-refractivity contribution < 1.29 is 13.5 Å². The van der Waals surface area contributed by atoms with E-state index >= 15 is 0 Å².